The van der Waals surface area contributed by atoms with Crippen LogP contribution in [0.4, 0.5) is 4.39 Å². The van der Waals surface area contributed by atoms with E-state index in [-0.39, 0.29) is 11.7 Å². The van der Waals surface area contributed by atoms with Gasteiger partial charge in [-0.25, -0.2) is 9.18 Å². The molecular formula is C23H37FO2. The van der Waals surface area contributed by atoms with Crippen LogP contribution >= 0.6 is 0 Å². The molecule has 0 N–H and O–H groups in total. The average molecular weight is 365 g/mol. The van der Waals surface area contributed by atoms with E-state index in [4.69, 9.17) is 4.74 Å². The molecule has 1 aromatic rings. The van der Waals surface area contributed by atoms with E-state index < -0.39 is 11.8 Å². The van der Waals surface area contributed by atoms with E-state index in [2.05, 4.69) is 13.8 Å². The summed E-state index contributed by atoms with van der Waals surface area (Å²) in [6.07, 6.45) is 15.5. The van der Waals surface area contributed by atoms with Crippen molar-refractivity contribution < 1.29 is 13.9 Å². The number of benzene rings is 1. The van der Waals surface area contributed by atoms with Gasteiger partial charge in [0.25, 0.3) is 0 Å². The summed E-state index contributed by atoms with van der Waals surface area (Å²) in [6.45, 7) is 4.34. The van der Waals surface area contributed by atoms with Gasteiger partial charge in [-0.2, -0.15) is 0 Å². The van der Waals surface area contributed by atoms with E-state index in [0.29, 0.717) is 0 Å². The molecule has 0 saturated carbocycles. The van der Waals surface area contributed by atoms with Crippen molar-refractivity contribution in [3.8, 4) is 0 Å². The van der Waals surface area contributed by atoms with Crippen molar-refractivity contribution in [3.63, 3.8) is 0 Å². The van der Waals surface area contributed by atoms with Crippen LogP contribution in [0.5, 0.6) is 0 Å². The SMILES string of the molecule is CCCCCCCCCCCCC(CCC)OC(=O)c1ccccc1F. The van der Waals surface area contributed by atoms with Gasteiger partial charge in [0.05, 0.1) is 5.56 Å². The van der Waals surface area contributed by atoms with Crippen molar-refractivity contribution in [2.24, 2.45) is 0 Å². The van der Waals surface area contributed by atoms with Crippen molar-refractivity contribution in [2.45, 2.75) is 103 Å². The number of carbonyl (C=O) groups is 1. The summed E-state index contributed by atoms with van der Waals surface area (Å²) in [5.74, 6) is -1.04. The van der Waals surface area contributed by atoms with Crippen LogP contribution in [0, 0.1) is 5.82 Å². The summed E-state index contributed by atoms with van der Waals surface area (Å²) >= 11 is 0. The van der Waals surface area contributed by atoms with Gasteiger partial charge in [0.2, 0.25) is 0 Å². The molecule has 0 saturated heterocycles. The Bertz CT molecular complexity index is 487. The fraction of sp³-hybridized carbons (Fsp3) is 0.696. The minimum Gasteiger partial charge on any atom is -0.459 e. The van der Waals surface area contributed by atoms with Gasteiger partial charge in [0.1, 0.15) is 11.9 Å². The molecule has 0 amide bonds. The predicted molar refractivity (Wildman–Crippen MR) is 107 cm³/mol. The molecule has 0 aliphatic carbocycles. The Morgan fingerprint density at radius 1 is 0.846 bits per heavy atom. The fourth-order valence-electron chi connectivity index (χ4n) is 3.29. The van der Waals surface area contributed by atoms with E-state index in [0.717, 1.165) is 25.7 Å². The van der Waals surface area contributed by atoms with Crippen molar-refractivity contribution in [3.05, 3.63) is 35.6 Å². The zero-order valence-electron chi connectivity index (χ0n) is 16.8. The highest BCUT2D eigenvalue weighted by Crippen LogP contribution is 2.17. The monoisotopic (exact) mass is 364 g/mol. The highest BCUT2D eigenvalue weighted by molar-refractivity contribution is 5.89. The van der Waals surface area contributed by atoms with E-state index in [1.165, 1.54) is 69.9 Å². The lowest BCUT2D eigenvalue weighted by atomic mass is 10.0. The maximum Gasteiger partial charge on any atom is 0.341 e. The topological polar surface area (TPSA) is 26.3 Å². The number of esters is 1. The van der Waals surface area contributed by atoms with Gasteiger partial charge < -0.3 is 4.74 Å². The number of hydrogen-bond acceptors (Lipinski definition) is 2. The van der Waals surface area contributed by atoms with E-state index in [1.807, 2.05) is 0 Å². The molecule has 1 aromatic carbocycles. The first-order valence-corrected chi connectivity index (χ1v) is 10.6. The number of carbonyl (C=O) groups excluding carboxylic acids is 1. The van der Waals surface area contributed by atoms with E-state index in [1.54, 1.807) is 12.1 Å². The lowest BCUT2D eigenvalue weighted by Gasteiger charge is -2.17. The molecule has 26 heavy (non-hydrogen) atoms. The first-order valence-electron chi connectivity index (χ1n) is 10.6. The zero-order valence-corrected chi connectivity index (χ0v) is 16.8. The third-order valence-electron chi connectivity index (χ3n) is 4.86. The summed E-state index contributed by atoms with van der Waals surface area (Å²) in [7, 11) is 0. The first-order chi connectivity index (χ1) is 12.7. The molecule has 1 unspecified atom stereocenters. The van der Waals surface area contributed by atoms with Gasteiger partial charge >= 0.3 is 5.97 Å². The molecule has 148 valence electrons. The van der Waals surface area contributed by atoms with E-state index >= 15 is 0 Å². The number of hydrogen-bond donors (Lipinski definition) is 0. The molecule has 3 heteroatoms. The van der Waals surface area contributed by atoms with Gasteiger partial charge in [0.15, 0.2) is 0 Å². The summed E-state index contributed by atoms with van der Waals surface area (Å²) in [5, 5.41) is 0. The quantitative estimate of drug-likeness (QED) is 0.238. The molecule has 0 fully saturated rings. The Hall–Kier alpha value is -1.38. The lowest BCUT2D eigenvalue weighted by Crippen LogP contribution is -2.19. The molecule has 2 nitrogen and oxygen atoms in total. The second-order valence-corrected chi connectivity index (χ2v) is 7.27. The minimum absolute atomic E-state index is 0.0386. The standard InChI is InChI=1S/C23H37FO2/c1-3-5-6-7-8-9-10-11-12-13-17-20(16-4-2)26-23(25)21-18-14-15-19-22(21)24/h14-15,18-20H,3-13,16-17H2,1-2H3. The van der Waals surface area contributed by atoms with Crippen LogP contribution in [-0.2, 0) is 4.74 Å². The highest BCUT2D eigenvalue weighted by Gasteiger charge is 2.17. The fourth-order valence-corrected chi connectivity index (χ4v) is 3.29. The van der Waals surface area contributed by atoms with Crippen LogP contribution in [0.25, 0.3) is 0 Å². The molecule has 0 aliphatic heterocycles. The summed E-state index contributed by atoms with van der Waals surface area (Å²) < 4.78 is 19.3. The van der Waals surface area contributed by atoms with Crippen molar-refractivity contribution in [2.75, 3.05) is 0 Å². The molecule has 0 aromatic heterocycles. The molecule has 1 atom stereocenters. The van der Waals surface area contributed by atoms with Crippen molar-refractivity contribution >= 4 is 5.97 Å². The minimum atomic E-state index is -0.534. The number of unbranched alkanes of at least 4 members (excludes halogenated alkanes) is 9. The highest BCUT2D eigenvalue weighted by atomic mass is 19.1. The van der Waals surface area contributed by atoms with Crippen LogP contribution in [0.1, 0.15) is 108 Å². The Morgan fingerprint density at radius 3 is 2.00 bits per heavy atom. The summed E-state index contributed by atoms with van der Waals surface area (Å²) in [6, 6.07) is 6.03. The van der Waals surface area contributed by atoms with Crippen LogP contribution in [0.2, 0.25) is 0 Å². The van der Waals surface area contributed by atoms with Crippen LogP contribution in [0.3, 0.4) is 0 Å². The molecule has 0 spiro atoms. The smallest absolute Gasteiger partial charge is 0.341 e. The Morgan fingerprint density at radius 2 is 1.42 bits per heavy atom. The Labute approximate surface area is 159 Å². The molecule has 1 rings (SSSR count). The summed E-state index contributed by atoms with van der Waals surface area (Å²) in [4.78, 5) is 12.2. The zero-order chi connectivity index (χ0) is 19.0. The maximum absolute atomic E-state index is 13.7. The Balaban J connectivity index is 2.19. The predicted octanol–water partition coefficient (Wildman–Crippen LogP) is 7.46. The number of rotatable bonds is 15. The Kier molecular flexibility index (Phi) is 12.9. The number of ether oxygens (including phenoxy) is 1. The van der Waals surface area contributed by atoms with Crippen molar-refractivity contribution in [1.29, 1.82) is 0 Å². The first kappa shape index (κ1) is 22.7. The second kappa shape index (κ2) is 14.8. The third-order valence-corrected chi connectivity index (χ3v) is 4.86. The second-order valence-electron chi connectivity index (χ2n) is 7.27. The number of halogens is 1. The molecule has 0 bridgehead atoms. The van der Waals surface area contributed by atoms with Gasteiger partial charge in [-0.15, -0.1) is 0 Å². The lowest BCUT2D eigenvalue weighted by molar-refractivity contribution is 0.0248. The van der Waals surface area contributed by atoms with Gasteiger partial charge in [-0.05, 0) is 31.4 Å². The molecule has 0 aliphatic rings. The summed E-state index contributed by atoms with van der Waals surface area (Å²) in [5.41, 5.74) is 0.0386. The largest absolute Gasteiger partial charge is 0.459 e. The molecular weight excluding hydrogens is 327 g/mol. The molecule has 0 radical (unpaired) electrons. The van der Waals surface area contributed by atoms with Gasteiger partial charge in [0, 0.05) is 0 Å². The van der Waals surface area contributed by atoms with Crippen LogP contribution in [-0.4, -0.2) is 12.1 Å². The average Bonchev–Trinajstić information content (AvgIpc) is 2.63. The van der Waals surface area contributed by atoms with Gasteiger partial charge in [-0.3, -0.25) is 0 Å². The van der Waals surface area contributed by atoms with Crippen molar-refractivity contribution in [1.82, 2.24) is 0 Å². The van der Waals surface area contributed by atoms with E-state index in [9.17, 15) is 9.18 Å². The third kappa shape index (κ3) is 9.94. The van der Waals surface area contributed by atoms with Gasteiger partial charge in [-0.1, -0.05) is 90.2 Å². The van der Waals surface area contributed by atoms with Crippen LogP contribution < -0.4 is 0 Å². The maximum atomic E-state index is 13.7. The van der Waals surface area contributed by atoms with Crippen LogP contribution in [0.15, 0.2) is 24.3 Å². The normalized spacial score (nSPS) is 12.1. The molecule has 0 heterocycles.